The minimum Gasteiger partial charge on any atom is -0.396 e. The van der Waals surface area contributed by atoms with Crippen LogP contribution in [0.2, 0.25) is 0 Å². The molecule has 0 aliphatic heterocycles. The van der Waals surface area contributed by atoms with Gasteiger partial charge in [0.1, 0.15) is 0 Å². The highest BCUT2D eigenvalue weighted by Gasteiger charge is 2.13. The summed E-state index contributed by atoms with van der Waals surface area (Å²) in [7, 11) is 0. The average Bonchev–Trinajstić information content (AvgIpc) is 2.27. The molecule has 16 heavy (non-hydrogen) atoms. The monoisotopic (exact) mass is 230 g/mol. The number of amides is 1. The third-order valence-electron chi connectivity index (χ3n) is 2.72. The van der Waals surface area contributed by atoms with Crippen molar-refractivity contribution in [3.8, 4) is 0 Å². The van der Waals surface area contributed by atoms with Crippen LogP contribution in [0.4, 0.5) is 0 Å². The van der Waals surface area contributed by atoms with Crippen molar-refractivity contribution in [1.82, 2.24) is 10.2 Å². The van der Waals surface area contributed by atoms with Crippen LogP contribution in [0.1, 0.15) is 34.1 Å². The number of rotatable bonds is 8. The van der Waals surface area contributed by atoms with Crippen LogP contribution >= 0.6 is 0 Å². The Morgan fingerprint density at radius 3 is 2.31 bits per heavy atom. The molecule has 0 aromatic heterocycles. The summed E-state index contributed by atoms with van der Waals surface area (Å²) in [5.74, 6) is 0.438. The lowest BCUT2D eigenvalue weighted by Crippen LogP contribution is -2.38. The molecule has 96 valence electrons. The van der Waals surface area contributed by atoms with E-state index in [1.807, 2.05) is 32.6 Å². The molecule has 0 spiro atoms. The fraction of sp³-hybridized carbons (Fsp3) is 0.917. The Morgan fingerprint density at radius 2 is 1.88 bits per heavy atom. The Balaban J connectivity index is 3.85. The predicted octanol–water partition coefficient (Wildman–Crippen LogP) is 0.851. The lowest BCUT2D eigenvalue weighted by atomic mass is 10.1. The van der Waals surface area contributed by atoms with Crippen molar-refractivity contribution in [3.05, 3.63) is 0 Å². The molecule has 0 fully saturated rings. The van der Waals surface area contributed by atoms with Crippen LogP contribution in [0.3, 0.4) is 0 Å². The minimum atomic E-state index is 0.169. The van der Waals surface area contributed by atoms with Crippen molar-refractivity contribution in [2.75, 3.05) is 26.2 Å². The van der Waals surface area contributed by atoms with Gasteiger partial charge in [0.05, 0.1) is 0 Å². The first-order chi connectivity index (χ1) is 7.54. The van der Waals surface area contributed by atoms with E-state index in [1.165, 1.54) is 0 Å². The van der Waals surface area contributed by atoms with E-state index >= 15 is 0 Å². The van der Waals surface area contributed by atoms with E-state index in [9.17, 15) is 4.79 Å². The quantitative estimate of drug-likeness (QED) is 0.650. The molecule has 0 saturated heterocycles. The molecule has 2 unspecified atom stereocenters. The summed E-state index contributed by atoms with van der Waals surface area (Å²) in [5, 5.41) is 12.1. The molecule has 0 heterocycles. The van der Waals surface area contributed by atoms with Gasteiger partial charge in [-0.25, -0.2) is 0 Å². The van der Waals surface area contributed by atoms with Gasteiger partial charge < -0.3 is 15.3 Å². The summed E-state index contributed by atoms with van der Waals surface area (Å²) >= 11 is 0. The van der Waals surface area contributed by atoms with Crippen LogP contribution in [-0.4, -0.2) is 48.2 Å². The van der Waals surface area contributed by atoms with E-state index in [2.05, 4.69) is 5.32 Å². The molecule has 4 heteroatoms. The summed E-state index contributed by atoms with van der Waals surface area (Å²) in [6, 6.07) is 0.169. The van der Waals surface area contributed by atoms with Crippen molar-refractivity contribution in [3.63, 3.8) is 0 Å². The highest BCUT2D eigenvalue weighted by Crippen LogP contribution is 1.99. The first kappa shape index (κ1) is 15.4. The first-order valence-corrected chi connectivity index (χ1v) is 6.17. The fourth-order valence-electron chi connectivity index (χ4n) is 1.51. The molecule has 0 bridgehead atoms. The van der Waals surface area contributed by atoms with Crippen LogP contribution in [0.15, 0.2) is 0 Å². The molecule has 0 rings (SSSR count). The topological polar surface area (TPSA) is 52.6 Å². The molecule has 0 aromatic carbocycles. The highest BCUT2D eigenvalue weighted by molar-refractivity contribution is 5.76. The molecule has 0 aromatic rings. The Labute approximate surface area is 99.0 Å². The Hall–Kier alpha value is -0.610. The second-order valence-corrected chi connectivity index (χ2v) is 4.37. The van der Waals surface area contributed by atoms with E-state index in [-0.39, 0.29) is 24.5 Å². The second-order valence-electron chi connectivity index (χ2n) is 4.37. The summed E-state index contributed by atoms with van der Waals surface area (Å²) < 4.78 is 0. The fourth-order valence-corrected chi connectivity index (χ4v) is 1.51. The summed E-state index contributed by atoms with van der Waals surface area (Å²) in [6.45, 7) is 10.5. The SMILES string of the molecule is CCN(CC)C(=O)CC(C)NCC(C)CO. The van der Waals surface area contributed by atoms with E-state index < -0.39 is 0 Å². The normalized spacial score (nSPS) is 14.6. The zero-order valence-corrected chi connectivity index (χ0v) is 11.0. The van der Waals surface area contributed by atoms with Crippen LogP contribution in [0.25, 0.3) is 0 Å². The van der Waals surface area contributed by atoms with Gasteiger partial charge in [0, 0.05) is 38.7 Å². The molecule has 4 nitrogen and oxygen atoms in total. The lowest BCUT2D eigenvalue weighted by molar-refractivity contribution is -0.131. The zero-order chi connectivity index (χ0) is 12.6. The van der Waals surface area contributed by atoms with Gasteiger partial charge in [0.2, 0.25) is 5.91 Å². The molecule has 0 saturated carbocycles. The number of aliphatic hydroxyl groups is 1. The first-order valence-electron chi connectivity index (χ1n) is 6.17. The van der Waals surface area contributed by atoms with Crippen molar-refractivity contribution in [1.29, 1.82) is 0 Å². The van der Waals surface area contributed by atoms with Crippen LogP contribution in [0.5, 0.6) is 0 Å². The number of hydrogen-bond acceptors (Lipinski definition) is 3. The van der Waals surface area contributed by atoms with Crippen LogP contribution < -0.4 is 5.32 Å². The third-order valence-corrected chi connectivity index (χ3v) is 2.72. The van der Waals surface area contributed by atoms with E-state index in [0.717, 1.165) is 19.6 Å². The van der Waals surface area contributed by atoms with Gasteiger partial charge in [0.15, 0.2) is 0 Å². The smallest absolute Gasteiger partial charge is 0.224 e. The number of aliphatic hydroxyl groups excluding tert-OH is 1. The molecule has 0 radical (unpaired) electrons. The van der Waals surface area contributed by atoms with E-state index in [0.29, 0.717) is 6.42 Å². The van der Waals surface area contributed by atoms with Crippen molar-refractivity contribution in [2.45, 2.75) is 40.2 Å². The van der Waals surface area contributed by atoms with Gasteiger partial charge in [-0.1, -0.05) is 6.92 Å². The Kier molecular flexibility index (Phi) is 8.21. The molecule has 2 N–H and O–H groups in total. The van der Waals surface area contributed by atoms with Crippen molar-refractivity contribution < 1.29 is 9.90 Å². The van der Waals surface area contributed by atoms with Gasteiger partial charge in [-0.2, -0.15) is 0 Å². The summed E-state index contributed by atoms with van der Waals surface area (Å²) in [6.07, 6.45) is 0.528. The van der Waals surface area contributed by atoms with Gasteiger partial charge in [-0.05, 0) is 26.7 Å². The lowest BCUT2D eigenvalue weighted by Gasteiger charge is -2.22. The van der Waals surface area contributed by atoms with E-state index in [4.69, 9.17) is 5.11 Å². The molecule has 0 aliphatic carbocycles. The molecule has 0 aliphatic rings. The summed E-state index contributed by atoms with van der Waals surface area (Å²) in [4.78, 5) is 13.6. The number of nitrogens with one attached hydrogen (secondary N) is 1. The summed E-state index contributed by atoms with van der Waals surface area (Å²) in [5.41, 5.74) is 0. The Morgan fingerprint density at radius 1 is 1.31 bits per heavy atom. The maximum Gasteiger partial charge on any atom is 0.224 e. The van der Waals surface area contributed by atoms with Crippen LogP contribution in [0, 0.1) is 5.92 Å². The van der Waals surface area contributed by atoms with Gasteiger partial charge in [0.25, 0.3) is 0 Å². The average molecular weight is 230 g/mol. The minimum absolute atomic E-state index is 0.169. The maximum absolute atomic E-state index is 11.8. The third kappa shape index (κ3) is 6.08. The van der Waals surface area contributed by atoms with Crippen LogP contribution in [-0.2, 0) is 4.79 Å². The zero-order valence-electron chi connectivity index (χ0n) is 11.0. The molecular formula is C12H26N2O2. The predicted molar refractivity (Wildman–Crippen MR) is 66.3 cm³/mol. The number of carbonyl (C=O) groups excluding carboxylic acids is 1. The molecule has 1 amide bonds. The number of nitrogens with zero attached hydrogens (tertiary/aromatic N) is 1. The van der Waals surface area contributed by atoms with Crippen molar-refractivity contribution >= 4 is 5.91 Å². The maximum atomic E-state index is 11.8. The molecule has 2 atom stereocenters. The standard InChI is InChI=1S/C12H26N2O2/c1-5-14(6-2)12(16)7-11(4)13-8-10(3)9-15/h10-11,13,15H,5-9H2,1-4H3. The largest absolute Gasteiger partial charge is 0.396 e. The Bertz CT molecular complexity index is 193. The van der Waals surface area contributed by atoms with Gasteiger partial charge in [-0.15, -0.1) is 0 Å². The second kappa shape index (κ2) is 8.53. The van der Waals surface area contributed by atoms with Gasteiger partial charge >= 0.3 is 0 Å². The molecular weight excluding hydrogens is 204 g/mol. The van der Waals surface area contributed by atoms with Gasteiger partial charge in [-0.3, -0.25) is 4.79 Å². The van der Waals surface area contributed by atoms with Crippen molar-refractivity contribution in [2.24, 2.45) is 5.92 Å². The number of hydrogen-bond donors (Lipinski definition) is 2. The van der Waals surface area contributed by atoms with E-state index in [1.54, 1.807) is 0 Å². The highest BCUT2D eigenvalue weighted by atomic mass is 16.3. The number of carbonyl (C=O) groups is 1.